The van der Waals surface area contributed by atoms with Gasteiger partial charge in [-0.25, -0.2) is 0 Å². The summed E-state index contributed by atoms with van der Waals surface area (Å²) in [5, 5.41) is 16.1. The van der Waals surface area contributed by atoms with Crippen molar-refractivity contribution >= 4 is 11.9 Å². The summed E-state index contributed by atoms with van der Waals surface area (Å²) in [7, 11) is 1.51. The van der Waals surface area contributed by atoms with E-state index in [9.17, 15) is 5.11 Å². The lowest BCUT2D eigenvalue weighted by molar-refractivity contribution is 0.114. The van der Waals surface area contributed by atoms with Gasteiger partial charge in [0.1, 0.15) is 0 Å². The van der Waals surface area contributed by atoms with Crippen molar-refractivity contribution in [2.45, 2.75) is 39.7 Å². The third kappa shape index (κ3) is 4.80. The van der Waals surface area contributed by atoms with Crippen LogP contribution in [-0.2, 0) is 0 Å². The van der Waals surface area contributed by atoms with Gasteiger partial charge in [0.05, 0.1) is 13.2 Å². The molecule has 1 atom stereocenters. The lowest BCUT2D eigenvalue weighted by atomic mass is 9.97. The van der Waals surface area contributed by atoms with Crippen LogP contribution in [0, 0.1) is 5.92 Å². The number of hydrogen-bond acceptors (Lipinski definition) is 7. The molecule has 0 aliphatic carbocycles. The van der Waals surface area contributed by atoms with Crippen LogP contribution in [-0.4, -0.2) is 46.4 Å². The third-order valence-corrected chi connectivity index (χ3v) is 3.19. The average molecular weight is 283 g/mol. The fraction of sp³-hybridized carbons (Fsp3) is 0.769. The number of ether oxygens (including phenoxy) is 1. The highest BCUT2D eigenvalue weighted by atomic mass is 16.5. The molecule has 0 radical (unpaired) electrons. The summed E-state index contributed by atoms with van der Waals surface area (Å²) in [4.78, 5) is 12.4. The molecule has 1 aromatic rings. The first-order valence-corrected chi connectivity index (χ1v) is 7.10. The molecule has 20 heavy (non-hydrogen) atoms. The minimum absolute atomic E-state index is 0.246. The molecular weight excluding hydrogens is 258 g/mol. The second kappa shape index (κ2) is 8.52. The van der Waals surface area contributed by atoms with Crippen molar-refractivity contribution < 1.29 is 9.84 Å². The quantitative estimate of drug-likeness (QED) is 0.632. The standard InChI is InChI=1S/C13H25N5O2/c1-5-9(6-2)10(19)8-15-12-16-11(14-7-3)17-13(18-12)20-4/h9-10,19H,5-8H2,1-4H3,(H2,14,15,16,17,18). The van der Waals surface area contributed by atoms with Crippen LogP contribution < -0.4 is 15.4 Å². The van der Waals surface area contributed by atoms with Crippen molar-refractivity contribution in [1.29, 1.82) is 0 Å². The Morgan fingerprint density at radius 2 is 1.65 bits per heavy atom. The number of aliphatic hydroxyl groups excluding tert-OH is 1. The van der Waals surface area contributed by atoms with Gasteiger partial charge in [0.2, 0.25) is 11.9 Å². The topological polar surface area (TPSA) is 92.2 Å². The molecule has 114 valence electrons. The number of hydrogen-bond donors (Lipinski definition) is 3. The first-order valence-electron chi connectivity index (χ1n) is 7.10. The Labute approximate surface area is 120 Å². The zero-order chi connectivity index (χ0) is 15.0. The largest absolute Gasteiger partial charge is 0.467 e. The van der Waals surface area contributed by atoms with Crippen molar-refractivity contribution in [2.75, 3.05) is 30.8 Å². The summed E-state index contributed by atoms with van der Waals surface area (Å²) in [6.07, 6.45) is 1.47. The number of methoxy groups -OCH3 is 1. The van der Waals surface area contributed by atoms with Crippen LogP contribution in [0.15, 0.2) is 0 Å². The van der Waals surface area contributed by atoms with Gasteiger partial charge in [-0.1, -0.05) is 26.7 Å². The fourth-order valence-electron chi connectivity index (χ4n) is 1.96. The zero-order valence-corrected chi connectivity index (χ0v) is 12.7. The van der Waals surface area contributed by atoms with Gasteiger partial charge in [0, 0.05) is 13.1 Å². The van der Waals surface area contributed by atoms with Gasteiger partial charge in [-0.15, -0.1) is 0 Å². The SMILES string of the molecule is CCNc1nc(NCC(O)C(CC)CC)nc(OC)n1. The molecule has 1 aromatic heterocycles. The van der Waals surface area contributed by atoms with Crippen LogP contribution in [0.5, 0.6) is 6.01 Å². The molecule has 0 fully saturated rings. The maximum Gasteiger partial charge on any atom is 0.322 e. The molecule has 1 rings (SSSR count). The minimum atomic E-state index is -0.421. The number of nitrogens with one attached hydrogen (secondary N) is 2. The van der Waals surface area contributed by atoms with Gasteiger partial charge in [0.15, 0.2) is 0 Å². The number of aromatic nitrogens is 3. The Hall–Kier alpha value is -1.63. The number of aliphatic hydroxyl groups is 1. The first-order chi connectivity index (χ1) is 9.64. The Morgan fingerprint density at radius 1 is 1.05 bits per heavy atom. The van der Waals surface area contributed by atoms with Gasteiger partial charge in [-0.05, 0) is 12.8 Å². The highest BCUT2D eigenvalue weighted by Crippen LogP contribution is 2.15. The molecule has 0 saturated carbocycles. The average Bonchev–Trinajstić information content (AvgIpc) is 2.46. The van der Waals surface area contributed by atoms with E-state index in [4.69, 9.17) is 4.74 Å². The Kier molecular flexibility index (Phi) is 7.00. The molecule has 1 heterocycles. The van der Waals surface area contributed by atoms with Crippen molar-refractivity contribution in [3.63, 3.8) is 0 Å². The Morgan fingerprint density at radius 3 is 2.15 bits per heavy atom. The van der Waals surface area contributed by atoms with Gasteiger partial charge >= 0.3 is 6.01 Å². The normalized spacial score (nSPS) is 12.3. The predicted molar refractivity (Wildman–Crippen MR) is 79.1 cm³/mol. The van der Waals surface area contributed by atoms with Gasteiger partial charge in [-0.2, -0.15) is 15.0 Å². The van der Waals surface area contributed by atoms with Crippen LogP contribution in [0.1, 0.15) is 33.6 Å². The van der Waals surface area contributed by atoms with E-state index in [-0.39, 0.29) is 11.9 Å². The summed E-state index contributed by atoms with van der Waals surface area (Å²) in [6, 6.07) is 0.246. The summed E-state index contributed by atoms with van der Waals surface area (Å²) < 4.78 is 5.03. The van der Waals surface area contributed by atoms with E-state index in [1.807, 2.05) is 6.92 Å². The molecular formula is C13H25N5O2. The molecule has 0 amide bonds. The van der Waals surface area contributed by atoms with E-state index in [2.05, 4.69) is 39.4 Å². The van der Waals surface area contributed by atoms with Crippen LogP contribution >= 0.6 is 0 Å². The zero-order valence-electron chi connectivity index (χ0n) is 12.7. The molecule has 3 N–H and O–H groups in total. The Bertz CT molecular complexity index is 398. The second-order valence-corrected chi connectivity index (χ2v) is 4.52. The molecule has 0 aliphatic heterocycles. The number of rotatable bonds is 9. The van der Waals surface area contributed by atoms with Crippen LogP contribution in [0.3, 0.4) is 0 Å². The highest BCUT2D eigenvalue weighted by molar-refractivity contribution is 5.35. The van der Waals surface area contributed by atoms with E-state index >= 15 is 0 Å². The van der Waals surface area contributed by atoms with Crippen LogP contribution in [0.25, 0.3) is 0 Å². The molecule has 0 spiro atoms. The van der Waals surface area contributed by atoms with E-state index < -0.39 is 6.10 Å². The smallest absolute Gasteiger partial charge is 0.322 e. The maximum atomic E-state index is 10.1. The molecule has 7 heteroatoms. The van der Waals surface area contributed by atoms with Crippen LogP contribution in [0.2, 0.25) is 0 Å². The van der Waals surface area contributed by atoms with Gasteiger partial charge in [-0.3, -0.25) is 0 Å². The second-order valence-electron chi connectivity index (χ2n) is 4.52. The maximum absolute atomic E-state index is 10.1. The highest BCUT2D eigenvalue weighted by Gasteiger charge is 2.16. The van der Waals surface area contributed by atoms with Crippen molar-refractivity contribution in [3.05, 3.63) is 0 Å². The first kappa shape index (κ1) is 16.4. The van der Waals surface area contributed by atoms with Crippen molar-refractivity contribution in [2.24, 2.45) is 5.92 Å². The van der Waals surface area contributed by atoms with Gasteiger partial charge < -0.3 is 20.5 Å². The van der Waals surface area contributed by atoms with E-state index in [0.717, 1.165) is 12.8 Å². The summed E-state index contributed by atoms with van der Waals surface area (Å²) in [5.41, 5.74) is 0. The number of nitrogens with zero attached hydrogens (tertiary/aromatic N) is 3. The van der Waals surface area contributed by atoms with E-state index in [1.165, 1.54) is 7.11 Å². The third-order valence-electron chi connectivity index (χ3n) is 3.19. The van der Waals surface area contributed by atoms with Gasteiger partial charge in [0.25, 0.3) is 0 Å². The van der Waals surface area contributed by atoms with Crippen molar-refractivity contribution in [3.8, 4) is 6.01 Å². The summed E-state index contributed by atoms with van der Waals surface area (Å²) in [6.45, 7) is 7.23. The Balaban J connectivity index is 2.68. The molecule has 1 unspecified atom stereocenters. The molecule has 0 aliphatic rings. The molecule has 0 saturated heterocycles. The lowest BCUT2D eigenvalue weighted by Crippen LogP contribution is -2.28. The molecule has 0 aromatic carbocycles. The number of anilines is 2. The van der Waals surface area contributed by atoms with Crippen molar-refractivity contribution in [1.82, 2.24) is 15.0 Å². The minimum Gasteiger partial charge on any atom is -0.467 e. The van der Waals surface area contributed by atoms with E-state index in [0.29, 0.717) is 25.0 Å². The summed E-state index contributed by atoms with van der Waals surface area (Å²) in [5.74, 6) is 1.14. The van der Waals surface area contributed by atoms with Crippen LogP contribution in [0.4, 0.5) is 11.9 Å². The predicted octanol–water partition coefficient (Wildman–Crippen LogP) is 1.52. The monoisotopic (exact) mass is 283 g/mol. The molecule has 0 bridgehead atoms. The van der Waals surface area contributed by atoms with E-state index in [1.54, 1.807) is 0 Å². The fourth-order valence-corrected chi connectivity index (χ4v) is 1.96. The molecule has 7 nitrogen and oxygen atoms in total. The summed E-state index contributed by atoms with van der Waals surface area (Å²) >= 11 is 0. The lowest BCUT2D eigenvalue weighted by Gasteiger charge is -2.20.